The molecule has 4 heteroatoms. The van der Waals surface area contributed by atoms with Crippen LogP contribution in [-0.2, 0) is 0 Å². The largest absolute Gasteiger partial charge is 0.349 e. The van der Waals surface area contributed by atoms with Gasteiger partial charge in [-0.05, 0) is 18.6 Å². The van der Waals surface area contributed by atoms with Crippen LogP contribution in [0.5, 0.6) is 0 Å². The van der Waals surface area contributed by atoms with Gasteiger partial charge in [-0.1, -0.05) is 12.1 Å². The van der Waals surface area contributed by atoms with Crippen LogP contribution in [-0.4, -0.2) is 15.0 Å². The molecule has 1 aromatic carbocycles. The molecule has 0 amide bonds. The van der Waals surface area contributed by atoms with Gasteiger partial charge in [0.2, 0.25) is 0 Å². The van der Waals surface area contributed by atoms with Gasteiger partial charge in [0.25, 0.3) is 5.56 Å². The van der Waals surface area contributed by atoms with Crippen molar-refractivity contribution in [1.82, 2.24) is 15.0 Å². The summed E-state index contributed by atoms with van der Waals surface area (Å²) in [6.07, 6.45) is 1.43. The number of aromatic amines is 2. The predicted octanol–water partition coefficient (Wildman–Crippen LogP) is 1.71. The minimum atomic E-state index is -0.129. The van der Waals surface area contributed by atoms with Crippen LogP contribution in [0, 0.1) is 6.92 Å². The van der Waals surface area contributed by atoms with E-state index in [0.29, 0.717) is 5.52 Å². The molecule has 2 N–H and O–H groups in total. The first-order valence-electron chi connectivity index (χ1n) is 4.72. The van der Waals surface area contributed by atoms with Crippen LogP contribution in [0.15, 0.2) is 29.3 Å². The smallest absolute Gasteiger partial charge is 0.275 e. The number of H-pyrrole nitrogens is 2. The van der Waals surface area contributed by atoms with Crippen LogP contribution in [0.3, 0.4) is 0 Å². The van der Waals surface area contributed by atoms with Crippen LogP contribution in [0.1, 0.15) is 5.56 Å². The van der Waals surface area contributed by atoms with Crippen molar-refractivity contribution in [1.29, 1.82) is 0 Å². The van der Waals surface area contributed by atoms with E-state index in [1.807, 2.05) is 25.1 Å². The second-order valence-electron chi connectivity index (χ2n) is 3.58. The second-order valence-corrected chi connectivity index (χ2v) is 3.58. The molecule has 3 rings (SSSR count). The Kier molecular flexibility index (Phi) is 1.48. The summed E-state index contributed by atoms with van der Waals surface area (Å²) in [5.74, 6) is 0. The molecular formula is C11H9N3O. The average molecular weight is 199 g/mol. The Morgan fingerprint density at radius 1 is 1.33 bits per heavy atom. The molecule has 15 heavy (non-hydrogen) atoms. The highest BCUT2D eigenvalue weighted by Crippen LogP contribution is 2.23. The molecule has 0 unspecified atom stereocenters. The number of nitrogens with zero attached hydrogens (tertiary/aromatic N) is 1. The molecule has 0 bridgehead atoms. The molecule has 4 nitrogen and oxygen atoms in total. The molecular weight excluding hydrogens is 190 g/mol. The molecule has 0 aliphatic carbocycles. The van der Waals surface area contributed by atoms with Crippen molar-refractivity contribution in [2.75, 3.05) is 0 Å². The van der Waals surface area contributed by atoms with Crippen molar-refractivity contribution >= 4 is 21.9 Å². The molecule has 3 aromatic rings. The Labute approximate surface area is 85.0 Å². The third-order valence-corrected chi connectivity index (χ3v) is 2.62. The van der Waals surface area contributed by atoms with Gasteiger partial charge < -0.3 is 9.97 Å². The molecule has 0 fully saturated rings. The van der Waals surface area contributed by atoms with Gasteiger partial charge >= 0.3 is 0 Å². The number of hydrogen-bond donors (Lipinski definition) is 2. The molecule has 74 valence electrons. The molecule has 0 saturated carbocycles. The van der Waals surface area contributed by atoms with E-state index in [1.54, 1.807) is 0 Å². The van der Waals surface area contributed by atoms with Gasteiger partial charge in [-0.25, -0.2) is 4.98 Å². The maximum Gasteiger partial charge on any atom is 0.275 e. The van der Waals surface area contributed by atoms with Crippen molar-refractivity contribution in [2.45, 2.75) is 6.92 Å². The van der Waals surface area contributed by atoms with Crippen molar-refractivity contribution in [3.8, 4) is 0 Å². The Balaban J connectivity index is 2.71. The monoisotopic (exact) mass is 199 g/mol. The maximum absolute atomic E-state index is 11.5. The lowest BCUT2D eigenvalue weighted by molar-refractivity contribution is 1.17. The summed E-state index contributed by atoms with van der Waals surface area (Å²) in [6.45, 7) is 2.01. The van der Waals surface area contributed by atoms with Gasteiger partial charge in [0, 0.05) is 10.9 Å². The normalized spacial score (nSPS) is 11.3. The summed E-state index contributed by atoms with van der Waals surface area (Å²) < 4.78 is 0. The van der Waals surface area contributed by atoms with E-state index < -0.39 is 0 Å². The lowest BCUT2D eigenvalue weighted by Crippen LogP contribution is -2.05. The highest BCUT2D eigenvalue weighted by atomic mass is 16.1. The summed E-state index contributed by atoms with van der Waals surface area (Å²) in [4.78, 5) is 21.4. The van der Waals surface area contributed by atoms with Gasteiger partial charge in [0.15, 0.2) is 0 Å². The number of fused-ring (bicyclic) bond motifs is 3. The van der Waals surface area contributed by atoms with E-state index in [1.165, 1.54) is 6.33 Å². The fourth-order valence-electron chi connectivity index (χ4n) is 1.93. The van der Waals surface area contributed by atoms with Gasteiger partial charge in [0.1, 0.15) is 11.0 Å². The van der Waals surface area contributed by atoms with Gasteiger partial charge in [-0.2, -0.15) is 0 Å². The number of hydrogen-bond acceptors (Lipinski definition) is 2. The molecule has 0 aliphatic rings. The Morgan fingerprint density at radius 2 is 2.20 bits per heavy atom. The molecule has 0 saturated heterocycles. The second kappa shape index (κ2) is 2.70. The van der Waals surface area contributed by atoms with Crippen LogP contribution < -0.4 is 5.56 Å². The van der Waals surface area contributed by atoms with Crippen LogP contribution in [0.2, 0.25) is 0 Å². The van der Waals surface area contributed by atoms with Gasteiger partial charge in [0.05, 0.1) is 6.33 Å². The van der Waals surface area contributed by atoms with Crippen molar-refractivity contribution in [3.05, 3.63) is 40.4 Å². The summed E-state index contributed by atoms with van der Waals surface area (Å²) in [5, 5.41) is 1.03. The Hall–Kier alpha value is -2.10. The van der Waals surface area contributed by atoms with Crippen molar-refractivity contribution in [3.63, 3.8) is 0 Å². The highest BCUT2D eigenvalue weighted by Gasteiger charge is 2.09. The average Bonchev–Trinajstić information content (AvgIpc) is 2.59. The van der Waals surface area contributed by atoms with Crippen LogP contribution in [0.4, 0.5) is 0 Å². The van der Waals surface area contributed by atoms with Crippen molar-refractivity contribution < 1.29 is 0 Å². The minimum absolute atomic E-state index is 0.129. The van der Waals surface area contributed by atoms with Crippen LogP contribution >= 0.6 is 0 Å². The van der Waals surface area contributed by atoms with E-state index in [0.717, 1.165) is 22.0 Å². The first kappa shape index (κ1) is 8.23. The first-order valence-corrected chi connectivity index (χ1v) is 4.72. The number of aromatic nitrogens is 3. The van der Waals surface area contributed by atoms with E-state index in [-0.39, 0.29) is 5.56 Å². The van der Waals surface area contributed by atoms with Crippen LogP contribution in [0.25, 0.3) is 21.9 Å². The zero-order valence-electron chi connectivity index (χ0n) is 8.16. The molecule has 0 atom stereocenters. The zero-order valence-corrected chi connectivity index (χ0v) is 8.16. The molecule has 0 aliphatic heterocycles. The SMILES string of the molecule is Cc1cccc2[nH]c3c(=O)[nH]cnc3c12. The highest BCUT2D eigenvalue weighted by molar-refractivity contribution is 6.06. The lowest BCUT2D eigenvalue weighted by atomic mass is 10.1. The number of aryl methyl sites for hydroxylation is 1. The molecule has 0 spiro atoms. The first-order chi connectivity index (χ1) is 7.27. The van der Waals surface area contributed by atoms with Gasteiger partial charge in [-0.3, -0.25) is 4.79 Å². The molecule has 2 heterocycles. The predicted molar refractivity (Wildman–Crippen MR) is 59.0 cm³/mol. The van der Waals surface area contributed by atoms with E-state index in [4.69, 9.17) is 0 Å². The zero-order chi connectivity index (χ0) is 10.4. The molecule has 2 aromatic heterocycles. The summed E-state index contributed by atoms with van der Waals surface area (Å²) in [7, 11) is 0. The van der Waals surface area contributed by atoms with E-state index >= 15 is 0 Å². The number of rotatable bonds is 0. The number of nitrogens with one attached hydrogen (secondary N) is 2. The topological polar surface area (TPSA) is 61.5 Å². The van der Waals surface area contributed by atoms with E-state index in [9.17, 15) is 4.79 Å². The summed E-state index contributed by atoms with van der Waals surface area (Å²) >= 11 is 0. The Morgan fingerprint density at radius 3 is 3.07 bits per heavy atom. The molecule has 0 radical (unpaired) electrons. The summed E-state index contributed by atoms with van der Waals surface area (Å²) in [6, 6.07) is 5.92. The standard InChI is InChI=1S/C11H9N3O/c1-6-3-2-4-7-8(6)9-10(14-7)11(15)13-5-12-9/h2-5,14H,1H3,(H,12,13,15). The van der Waals surface area contributed by atoms with Gasteiger partial charge in [-0.15, -0.1) is 0 Å². The third kappa shape index (κ3) is 1.01. The summed E-state index contributed by atoms with van der Waals surface area (Å²) in [5.41, 5.74) is 3.23. The fourth-order valence-corrected chi connectivity index (χ4v) is 1.93. The maximum atomic E-state index is 11.5. The van der Waals surface area contributed by atoms with Crippen molar-refractivity contribution in [2.24, 2.45) is 0 Å². The quantitative estimate of drug-likeness (QED) is 0.579. The fraction of sp³-hybridized carbons (Fsp3) is 0.0909. The lowest BCUT2D eigenvalue weighted by Gasteiger charge is -1.94. The van der Waals surface area contributed by atoms with E-state index in [2.05, 4.69) is 15.0 Å². The number of benzene rings is 1. The minimum Gasteiger partial charge on any atom is -0.349 e. The third-order valence-electron chi connectivity index (χ3n) is 2.62. The Bertz CT molecular complexity index is 708.